The Morgan fingerprint density at radius 3 is 2.79 bits per heavy atom. The van der Waals surface area contributed by atoms with Crippen molar-refractivity contribution >= 4 is 17.6 Å². The molecule has 0 aliphatic carbocycles. The number of hydrogen-bond acceptors (Lipinski definition) is 5. The molecule has 1 aliphatic heterocycles. The minimum Gasteiger partial charge on any atom is -0.493 e. The van der Waals surface area contributed by atoms with Gasteiger partial charge in [-0.15, -0.1) is 0 Å². The van der Waals surface area contributed by atoms with Gasteiger partial charge in [-0.1, -0.05) is 25.4 Å². The molecule has 0 N–H and O–H groups in total. The van der Waals surface area contributed by atoms with Crippen LogP contribution in [0.5, 0.6) is 11.5 Å². The standard InChI is InChI=1S/C18H25ClO5/c1-12(2)10-23-17-15(19)8-13(9-16(17)21-3)18(20)24-11-14-6-4-5-7-22-14/h8-9,12,14H,4-7,10-11H2,1-3H3. The summed E-state index contributed by atoms with van der Waals surface area (Å²) in [6.07, 6.45) is 3.06. The number of hydrogen-bond donors (Lipinski definition) is 0. The van der Waals surface area contributed by atoms with Crippen molar-refractivity contribution in [3.05, 3.63) is 22.7 Å². The van der Waals surface area contributed by atoms with Crippen molar-refractivity contribution in [3.63, 3.8) is 0 Å². The predicted octanol–water partition coefficient (Wildman–Crippen LogP) is 4.11. The van der Waals surface area contributed by atoms with Gasteiger partial charge in [0, 0.05) is 6.61 Å². The minimum absolute atomic E-state index is 0.0197. The minimum atomic E-state index is -0.445. The molecular formula is C18H25ClO5. The van der Waals surface area contributed by atoms with Crippen LogP contribution < -0.4 is 9.47 Å². The van der Waals surface area contributed by atoms with Crippen LogP contribution in [-0.4, -0.2) is 39.0 Å². The molecule has 6 heteroatoms. The zero-order valence-electron chi connectivity index (χ0n) is 14.5. The van der Waals surface area contributed by atoms with E-state index >= 15 is 0 Å². The lowest BCUT2D eigenvalue weighted by atomic mass is 10.1. The van der Waals surface area contributed by atoms with Crippen molar-refractivity contribution in [3.8, 4) is 11.5 Å². The number of carbonyl (C=O) groups is 1. The maximum atomic E-state index is 12.3. The van der Waals surface area contributed by atoms with Gasteiger partial charge in [-0.3, -0.25) is 0 Å². The van der Waals surface area contributed by atoms with Crippen molar-refractivity contribution in [1.82, 2.24) is 0 Å². The molecule has 0 radical (unpaired) electrons. The fourth-order valence-electron chi connectivity index (χ4n) is 2.42. The van der Waals surface area contributed by atoms with Crippen LogP contribution in [0, 0.1) is 5.92 Å². The van der Waals surface area contributed by atoms with E-state index in [0.717, 1.165) is 25.9 Å². The van der Waals surface area contributed by atoms with Crippen LogP contribution >= 0.6 is 11.6 Å². The largest absolute Gasteiger partial charge is 0.493 e. The molecule has 1 aliphatic rings. The number of benzene rings is 1. The average molecular weight is 357 g/mol. The number of rotatable bonds is 7. The maximum absolute atomic E-state index is 12.3. The van der Waals surface area contributed by atoms with Gasteiger partial charge in [-0.05, 0) is 37.3 Å². The van der Waals surface area contributed by atoms with E-state index in [9.17, 15) is 4.79 Å². The second kappa shape index (κ2) is 9.14. The lowest BCUT2D eigenvalue weighted by Gasteiger charge is -2.22. The third kappa shape index (κ3) is 5.28. The zero-order valence-corrected chi connectivity index (χ0v) is 15.2. The molecular weight excluding hydrogens is 332 g/mol. The molecule has 1 aromatic carbocycles. The van der Waals surface area contributed by atoms with Crippen molar-refractivity contribution in [2.24, 2.45) is 5.92 Å². The van der Waals surface area contributed by atoms with Crippen LogP contribution in [0.3, 0.4) is 0 Å². The van der Waals surface area contributed by atoms with E-state index in [4.69, 9.17) is 30.5 Å². The van der Waals surface area contributed by atoms with Gasteiger partial charge in [0.15, 0.2) is 11.5 Å². The second-order valence-electron chi connectivity index (χ2n) is 6.28. The summed E-state index contributed by atoms with van der Waals surface area (Å²) in [6, 6.07) is 3.13. The van der Waals surface area contributed by atoms with Crippen molar-refractivity contribution in [2.45, 2.75) is 39.2 Å². The quantitative estimate of drug-likeness (QED) is 0.688. The molecule has 0 bridgehead atoms. The molecule has 134 valence electrons. The smallest absolute Gasteiger partial charge is 0.338 e. The van der Waals surface area contributed by atoms with Crippen molar-refractivity contribution in [1.29, 1.82) is 0 Å². The summed E-state index contributed by atoms with van der Waals surface area (Å²) in [5.41, 5.74) is 0.338. The monoisotopic (exact) mass is 356 g/mol. The Bertz CT molecular complexity index is 553. The van der Waals surface area contributed by atoms with E-state index in [1.165, 1.54) is 7.11 Å². The van der Waals surface area contributed by atoms with Crippen LogP contribution in [0.4, 0.5) is 0 Å². The van der Waals surface area contributed by atoms with Crippen LogP contribution in [0.2, 0.25) is 5.02 Å². The first kappa shape index (κ1) is 18.9. The summed E-state index contributed by atoms with van der Waals surface area (Å²) >= 11 is 6.25. The van der Waals surface area contributed by atoms with Gasteiger partial charge in [-0.2, -0.15) is 0 Å². The van der Waals surface area contributed by atoms with Crippen molar-refractivity contribution < 1.29 is 23.7 Å². The summed E-state index contributed by atoms with van der Waals surface area (Å²) in [4.78, 5) is 12.3. The molecule has 1 aromatic rings. The first-order valence-corrected chi connectivity index (χ1v) is 8.68. The topological polar surface area (TPSA) is 54.0 Å². The highest BCUT2D eigenvalue weighted by molar-refractivity contribution is 6.32. The molecule has 0 amide bonds. The second-order valence-corrected chi connectivity index (χ2v) is 6.69. The first-order chi connectivity index (χ1) is 11.5. The Morgan fingerprint density at radius 1 is 1.38 bits per heavy atom. The van der Waals surface area contributed by atoms with Crippen LogP contribution in [0.15, 0.2) is 12.1 Å². The third-order valence-electron chi connectivity index (χ3n) is 3.70. The number of ether oxygens (including phenoxy) is 4. The van der Waals surface area contributed by atoms with E-state index in [0.29, 0.717) is 34.6 Å². The van der Waals surface area contributed by atoms with Gasteiger partial charge in [0.25, 0.3) is 0 Å². The Hall–Kier alpha value is -1.46. The molecule has 0 aromatic heterocycles. The lowest BCUT2D eigenvalue weighted by Crippen LogP contribution is -2.26. The molecule has 0 saturated carbocycles. The number of methoxy groups -OCH3 is 1. The molecule has 1 heterocycles. The maximum Gasteiger partial charge on any atom is 0.338 e. The molecule has 1 unspecified atom stereocenters. The number of halogens is 1. The van der Waals surface area contributed by atoms with E-state index in [2.05, 4.69) is 0 Å². The SMILES string of the molecule is COc1cc(C(=O)OCC2CCCCO2)cc(Cl)c1OCC(C)C. The zero-order chi connectivity index (χ0) is 17.5. The fraction of sp³-hybridized carbons (Fsp3) is 0.611. The average Bonchev–Trinajstić information content (AvgIpc) is 2.58. The van der Waals surface area contributed by atoms with Crippen LogP contribution in [-0.2, 0) is 9.47 Å². The highest BCUT2D eigenvalue weighted by atomic mass is 35.5. The number of esters is 1. The van der Waals surface area contributed by atoms with Gasteiger partial charge in [0.1, 0.15) is 6.61 Å². The lowest BCUT2D eigenvalue weighted by molar-refractivity contribution is -0.0300. The first-order valence-electron chi connectivity index (χ1n) is 8.30. The molecule has 1 atom stereocenters. The molecule has 1 fully saturated rings. The highest BCUT2D eigenvalue weighted by Crippen LogP contribution is 2.37. The Morgan fingerprint density at radius 2 is 2.17 bits per heavy atom. The third-order valence-corrected chi connectivity index (χ3v) is 3.98. The van der Waals surface area contributed by atoms with E-state index in [1.54, 1.807) is 12.1 Å². The Labute approximate surface area is 148 Å². The van der Waals surface area contributed by atoms with Gasteiger partial charge < -0.3 is 18.9 Å². The van der Waals surface area contributed by atoms with E-state index in [-0.39, 0.29) is 12.7 Å². The van der Waals surface area contributed by atoms with E-state index < -0.39 is 5.97 Å². The Balaban J connectivity index is 2.03. The Kier molecular flexibility index (Phi) is 7.18. The van der Waals surface area contributed by atoms with E-state index in [1.807, 2.05) is 13.8 Å². The molecule has 2 rings (SSSR count). The predicted molar refractivity (Wildman–Crippen MR) is 92.2 cm³/mol. The van der Waals surface area contributed by atoms with Crippen LogP contribution in [0.1, 0.15) is 43.5 Å². The normalized spacial score (nSPS) is 17.6. The summed E-state index contributed by atoms with van der Waals surface area (Å²) < 4.78 is 21.9. The summed E-state index contributed by atoms with van der Waals surface area (Å²) in [6.45, 7) is 5.58. The van der Waals surface area contributed by atoms with Crippen LogP contribution in [0.25, 0.3) is 0 Å². The van der Waals surface area contributed by atoms with Crippen molar-refractivity contribution in [2.75, 3.05) is 26.9 Å². The summed E-state index contributed by atoms with van der Waals surface area (Å²) in [5.74, 6) is 0.773. The van der Waals surface area contributed by atoms with Gasteiger partial charge >= 0.3 is 5.97 Å². The van der Waals surface area contributed by atoms with Gasteiger partial charge in [-0.25, -0.2) is 4.79 Å². The molecule has 24 heavy (non-hydrogen) atoms. The fourth-order valence-corrected chi connectivity index (χ4v) is 2.68. The molecule has 1 saturated heterocycles. The highest BCUT2D eigenvalue weighted by Gasteiger charge is 2.20. The molecule has 0 spiro atoms. The number of carbonyl (C=O) groups excluding carboxylic acids is 1. The summed E-state index contributed by atoms with van der Waals surface area (Å²) in [7, 11) is 1.51. The van der Waals surface area contributed by atoms with Gasteiger partial charge in [0.2, 0.25) is 0 Å². The molecule has 5 nitrogen and oxygen atoms in total. The summed E-state index contributed by atoms with van der Waals surface area (Å²) in [5, 5.41) is 0.330. The van der Waals surface area contributed by atoms with Gasteiger partial charge in [0.05, 0.1) is 30.4 Å².